The van der Waals surface area contributed by atoms with Crippen LogP contribution in [-0.2, 0) is 12.8 Å². The highest BCUT2D eigenvalue weighted by molar-refractivity contribution is 5.95. The highest BCUT2D eigenvalue weighted by atomic mass is 16.5. The standard InChI is InChI=1S/C58H45NO/c1-2-20-50(21-3-1)60-39-38-59-57-36-28-42(14-12-26-55-51-22-8-4-16-44(51)30-31-45-17-5-9-23-52(45)55)40-48(57)34-35-49-41-43(29-37-58(49)59)15-13-27-56-53-24-10-6-18-46(53)32-33-47-19-7-11-25-54(47)56/h1-33,36-37,40-41H,34-35,38-39H2. The molecule has 2 nitrogen and oxygen atoms in total. The summed E-state index contributed by atoms with van der Waals surface area (Å²) >= 11 is 0. The van der Waals surface area contributed by atoms with Crippen molar-refractivity contribution in [3.63, 3.8) is 0 Å². The van der Waals surface area contributed by atoms with Crippen molar-refractivity contribution < 1.29 is 4.74 Å². The molecule has 0 spiro atoms. The molecular weight excluding hydrogens is 727 g/mol. The normalized spacial score (nSPS) is 13.6. The summed E-state index contributed by atoms with van der Waals surface area (Å²) in [6, 6.07) is 58.7. The van der Waals surface area contributed by atoms with Gasteiger partial charge in [-0.2, -0.15) is 0 Å². The summed E-state index contributed by atoms with van der Waals surface area (Å²) in [4.78, 5) is 2.46. The van der Waals surface area contributed by atoms with Gasteiger partial charge >= 0.3 is 0 Å². The Kier molecular flexibility index (Phi) is 10.3. The number of anilines is 2. The lowest BCUT2D eigenvalue weighted by molar-refractivity contribution is 0.327. The van der Waals surface area contributed by atoms with E-state index in [1.807, 2.05) is 30.3 Å². The summed E-state index contributed by atoms with van der Waals surface area (Å²) in [5.41, 5.74) is 20.0. The van der Waals surface area contributed by atoms with Crippen molar-refractivity contribution in [1.82, 2.24) is 0 Å². The molecular formula is C58H45NO. The zero-order chi connectivity index (χ0) is 40.1. The molecule has 0 atom stereocenters. The third kappa shape index (κ3) is 7.64. The molecule has 7 aromatic rings. The second-order valence-corrected chi connectivity index (χ2v) is 15.5. The van der Waals surface area contributed by atoms with E-state index in [4.69, 9.17) is 4.74 Å². The average molecular weight is 772 g/mol. The summed E-state index contributed by atoms with van der Waals surface area (Å²) in [5, 5.41) is 0. The van der Waals surface area contributed by atoms with E-state index in [9.17, 15) is 0 Å². The lowest BCUT2D eigenvalue weighted by atomic mass is 9.93. The number of ether oxygens (including phenoxy) is 1. The van der Waals surface area contributed by atoms with Crippen molar-refractivity contribution in [2.45, 2.75) is 12.8 Å². The van der Waals surface area contributed by atoms with Gasteiger partial charge in [0, 0.05) is 11.4 Å². The van der Waals surface area contributed by atoms with Gasteiger partial charge in [-0.3, -0.25) is 0 Å². The van der Waals surface area contributed by atoms with Crippen molar-refractivity contribution in [2.24, 2.45) is 0 Å². The Morgan fingerprint density at radius 2 is 0.833 bits per heavy atom. The monoisotopic (exact) mass is 771 g/mol. The fourth-order valence-corrected chi connectivity index (χ4v) is 8.83. The van der Waals surface area contributed by atoms with Crippen LogP contribution in [-0.4, -0.2) is 13.2 Å². The summed E-state index contributed by atoms with van der Waals surface area (Å²) < 4.78 is 6.28. The molecule has 7 aromatic carbocycles. The Morgan fingerprint density at radius 3 is 1.27 bits per heavy atom. The Hall–Kier alpha value is -7.42. The molecule has 0 unspecified atom stereocenters. The Labute approximate surface area is 353 Å². The minimum absolute atomic E-state index is 0.572. The van der Waals surface area contributed by atoms with Crippen molar-refractivity contribution in [3.8, 4) is 5.75 Å². The quantitative estimate of drug-likeness (QED) is 0.153. The molecule has 0 saturated carbocycles. The highest BCUT2D eigenvalue weighted by Crippen LogP contribution is 2.39. The molecule has 3 aliphatic rings. The summed E-state index contributed by atoms with van der Waals surface area (Å²) in [5.74, 6) is 0.890. The number of rotatable bonds is 8. The summed E-state index contributed by atoms with van der Waals surface area (Å²) in [6.07, 6.45) is 24.3. The van der Waals surface area contributed by atoms with Crippen LogP contribution in [0.15, 0.2) is 188 Å². The second-order valence-electron chi connectivity index (χ2n) is 15.5. The van der Waals surface area contributed by atoms with E-state index < -0.39 is 0 Å². The van der Waals surface area contributed by atoms with E-state index >= 15 is 0 Å². The van der Waals surface area contributed by atoms with Crippen molar-refractivity contribution in [1.29, 1.82) is 0 Å². The van der Waals surface area contributed by atoms with Gasteiger partial charge in [-0.1, -0.05) is 188 Å². The summed E-state index contributed by atoms with van der Waals surface area (Å²) in [6.45, 7) is 1.31. The molecule has 288 valence electrons. The number of fused-ring (bicyclic) bond motifs is 6. The first-order chi connectivity index (χ1) is 29.7. The van der Waals surface area contributed by atoms with Gasteiger partial charge in [-0.25, -0.2) is 0 Å². The van der Waals surface area contributed by atoms with Crippen molar-refractivity contribution in [3.05, 3.63) is 255 Å². The van der Waals surface area contributed by atoms with Crippen LogP contribution in [0, 0.1) is 0 Å². The number of para-hydroxylation sites is 1. The van der Waals surface area contributed by atoms with Gasteiger partial charge in [-0.05, 0) is 127 Å². The molecule has 1 heterocycles. The molecule has 0 N–H and O–H groups in total. The first-order valence-electron chi connectivity index (χ1n) is 21.0. The number of aryl methyl sites for hydroxylation is 2. The zero-order valence-electron chi connectivity index (χ0n) is 33.5. The van der Waals surface area contributed by atoms with Gasteiger partial charge in [0.25, 0.3) is 0 Å². The number of hydrogen-bond donors (Lipinski definition) is 0. The smallest absolute Gasteiger partial charge is 0.119 e. The largest absolute Gasteiger partial charge is 0.492 e. The van der Waals surface area contributed by atoms with Gasteiger partial charge in [-0.15, -0.1) is 0 Å². The molecule has 0 saturated heterocycles. The zero-order valence-corrected chi connectivity index (χ0v) is 33.5. The number of allylic oxidation sites excluding steroid dienone is 4. The fraction of sp³-hybridized carbons (Fsp3) is 0.0690. The molecule has 2 heteroatoms. The first-order valence-corrected chi connectivity index (χ1v) is 21.0. The fourth-order valence-electron chi connectivity index (χ4n) is 8.83. The van der Waals surface area contributed by atoms with Crippen LogP contribution in [0.5, 0.6) is 5.75 Å². The molecule has 1 aliphatic heterocycles. The maximum Gasteiger partial charge on any atom is 0.119 e. The highest BCUT2D eigenvalue weighted by Gasteiger charge is 2.22. The van der Waals surface area contributed by atoms with Crippen LogP contribution in [0.1, 0.15) is 66.8 Å². The topological polar surface area (TPSA) is 12.5 Å². The van der Waals surface area contributed by atoms with Crippen LogP contribution in [0.2, 0.25) is 0 Å². The molecule has 10 rings (SSSR count). The number of nitrogens with zero attached hydrogens (tertiary/aromatic N) is 1. The molecule has 0 aromatic heterocycles. The molecule has 0 bridgehead atoms. The van der Waals surface area contributed by atoms with Crippen molar-refractivity contribution >= 4 is 59.0 Å². The molecule has 0 fully saturated rings. The Morgan fingerprint density at radius 1 is 0.433 bits per heavy atom. The molecule has 2 aliphatic carbocycles. The minimum atomic E-state index is 0.572. The summed E-state index contributed by atoms with van der Waals surface area (Å²) in [7, 11) is 0. The van der Waals surface area contributed by atoms with Crippen LogP contribution in [0.25, 0.3) is 47.6 Å². The minimum Gasteiger partial charge on any atom is -0.492 e. The van der Waals surface area contributed by atoms with Crippen LogP contribution >= 0.6 is 0 Å². The third-order valence-electron chi connectivity index (χ3n) is 11.8. The van der Waals surface area contributed by atoms with Crippen LogP contribution in [0.3, 0.4) is 0 Å². The lowest BCUT2D eigenvalue weighted by Gasteiger charge is -2.27. The van der Waals surface area contributed by atoms with Gasteiger partial charge in [0.05, 0.1) is 6.54 Å². The van der Waals surface area contributed by atoms with Crippen LogP contribution in [0.4, 0.5) is 11.4 Å². The first kappa shape index (κ1) is 36.9. The predicted molar refractivity (Wildman–Crippen MR) is 255 cm³/mol. The molecule has 0 amide bonds. The average Bonchev–Trinajstić information content (AvgIpc) is 3.64. The number of benzene rings is 7. The third-order valence-corrected chi connectivity index (χ3v) is 11.8. The molecule has 0 radical (unpaired) electrons. The SMILES string of the molecule is C(=Cc1ccc2c(c1)CCc1cc(C=CC=C3c4ccccc4C=Cc4ccccc43)ccc1N2CCOc1ccccc1)C=C1c2ccccc2C=Cc2ccccc21. The second kappa shape index (κ2) is 16.8. The van der Waals surface area contributed by atoms with Gasteiger partial charge < -0.3 is 9.64 Å². The van der Waals surface area contributed by atoms with Crippen molar-refractivity contribution in [2.75, 3.05) is 18.1 Å². The van der Waals surface area contributed by atoms with E-state index in [2.05, 4.69) is 199 Å². The lowest BCUT2D eigenvalue weighted by Crippen LogP contribution is -2.24. The van der Waals surface area contributed by atoms with E-state index in [0.717, 1.165) is 25.1 Å². The maximum atomic E-state index is 6.28. The van der Waals surface area contributed by atoms with Crippen LogP contribution < -0.4 is 9.64 Å². The van der Waals surface area contributed by atoms with E-state index in [1.165, 1.54) is 89.3 Å². The van der Waals surface area contributed by atoms with E-state index in [1.54, 1.807) is 0 Å². The van der Waals surface area contributed by atoms with E-state index in [-0.39, 0.29) is 0 Å². The molecule has 60 heavy (non-hydrogen) atoms. The Bertz CT molecular complexity index is 2620. The number of hydrogen-bond acceptors (Lipinski definition) is 2. The van der Waals surface area contributed by atoms with Gasteiger partial charge in [0.1, 0.15) is 12.4 Å². The predicted octanol–water partition coefficient (Wildman–Crippen LogP) is 14.3. The van der Waals surface area contributed by atoms with Gasteiger partial charge in [0.15, 0.2) is 0 Å². The van der Waals surface area contributed by atoms with Gasteiger partial charge in [0.2, 0.25) is 0 Å². The Balaban J connectivity index is 0.954. The maximum absolute atomic E-state index is 6.28. The van der Waals surface area contributed by atoms with E-state index in [0.29, 0.717) is 6.61 Å².